The summed E-state index contributed by atoms with van der Waals surface area (Å²) in [6, 6.07) is 12.3. The van der Waals surface area contributed by atoms with Crippen LogP contribution in [0.3, 0.4) is 0 Å². The van der Waals surface area contributed by atoms with Crippen LogP contribution in [0.25, 0.3) is 17.3 Å². The van der Waals surface area contributed by atoms with Crippen LogP contribution >= 0.6 is 0 Å². The van der Waals surface area contributed by atoms with Crippen LogP contribution in [0.5, 0.6) is 5.75 Å². The average Bonchev–Trinajstić information content (AvgIpc) is 3.24. The Balaban J connectivity index is 1.76. The minimum atomic E-state index is 0.222. The molecule has 8 heteroatoms. The molecule has 2 heterocycles. The molecule has 1 aliphatic rings. The van der Waals surface area contributed by atoms with E-state index in [1.165, 1.54) is 16.9 Å². The highest BCUT2D eigenvalue weighted by molar-refractivity contribution is 6.03. The first-order valence-corrected chi connectivity index (χ1v) is 13.0. The number of nitrogens with zero attached hydrogens (tertiary/aromatic N) is 4. The van der Waals surface area contributed by atoms with Gasteiger partial charge in [-0.1, -0.05) is 18.6 Å². The Morgan fingerprint density at radius 2 is 1.95 bits per heavy atom. The van der Waals surface area contributed by atoms with Gasteiger partial charge >= 0.3 is 0 Å². The van der Waals surface area contributed by atoms with Crippen molar-refractivity contribution in [3.8, 4) is 17.0 Å². The number of ether oxygens (including phenoxy) is 1. The summed E-state index contributed by atoms with van der Waals surface area (Å²) >= 11 is 0. The fourth-order valence-electron chi connectivity index (χ4n) is 4.48. The minimum Gasteiger partial charge on any atom is -0.495 e. The zero-order chi connectivity index (χ0) is 27.2. The molecule has 198 valence electrons. The maximum absolute atomic E-state index is 8.29. The Hall–Kier alpha value is -4.20. The lowest BCUT2D eigenvalue weighted by Crippen LogP contribution is -2.24. The number of anilines is 1. The molecule has 0 bridgehead atoms. The van der Waals surface area contributed by atoms with E-state index in [0.717, 1.165) is 59.8 Å². The molecule has 1 aromatic carbocycles. The summed E-state index contributed by atoms with van der Waals surface area (Å²) in [4.78, 5) is 10.8. The van der Waals surface area contributed by atoms with Crippen molar-refractivity contribution < 1.29 is 4.74 Å². The molecular weight excluding hydrogens is 474 g/mol. The van der Waals surface area contributed by atoms with Gasteiger partial charge in [0.25, 0.3) is 0 Å². The predicted octanol–water partition coefficient (Wildman–Crippen LogP) is 7.12. The van der Waals surface area contributed by atoms with Crippen molar-refractivity contribution in [1.82, 2.24) is 14.5 Å². The lowest BCUT2D eigenvalue weighted by atomic mass is 9.92. The summed E-state index contributed by atoms with van der Waals surface area (Å²) in [5, 5.41) is 19.1. The Morgan fingerprint density at radius 1 is 1.21 bits per heavy atom. The highest BCUT2D eigenvalue weighted by Gasteiger charge is 2.27. The molecule has 3 aromatic rings. The van der Waals surface area contributed by atoms with Crippen molar-refractivity contribution in [2.24, 2.45) is 4.99 Å². The van der Waals surface area contributed by atoms with Crippen LogP contribution in [-0.2, 0) is 0 Å². The predicted molar refractivity (Wildman–Crippen MR) is 157 cm³/mol. The lowest BCUT2D eigenvalue weighted by molar-refractivity contribution is 0.319. The third-order valence-corrected chi connectivity index (χ3v) is 7.02. The zero-order valence-electron chi connectivity index (χ0n) is 22.9. The fraction of sp³-hybridized carbons (Fsp3) is 0.333. The number of amidine groups is 2. The van der Waals surface area contributed by atoms with Crippen LogP contribution < -0.4 is 10.1 Å². The molecule has 0 unspecified atom stereocenters. The number of allylic oxidation sites excluding steroid dienone is 1. The first kappa shape index (κ1) is 26.9. The van der Waals surface area contributed by atoms with Crippen molar-refractivity contribution in [2.75, 3.05) is 19.5 Å². The van der Waals surface area contributed by atoms with E-state index >= 15 is 0 Å². The molecule has 0 saturated heterocycles. The van der Waals surface area contributed by atoms with Gasteiger partial charge in [-0.05, 0) is 75.9 Å². The molecule has 0 aliphatic heterocycles. The second kappa shape index (κ2) is 11.9. The first-order valence-electron chi connectivity index (χ1n) is 13.0. The van der Waals surface area contributed by atoms with Crippen LogP contribution in [-0.4, -0.2) is 46.6 Å². The first-order chi connectivity index (χ1) is 18.4. The van der Waals surface area contributed by atoms with E-state index in [9.17, 15) is 0 Å². The van der Waals surface area contributed by atoms with Crippen molar-refractivity contribution in [3.05, 3.63) is 65.5 Å². The van der Waals surface area contributed by atoms with Gasteiger partial charge in [0, 0.05) is 42.2 Å². The van der Waals surface area contributed by atoms with E-state index in [-0.39, 0.29) is 5.84 Å². The van der Waals surface area contributed by atoms with E-state index in [2.05, 4.69) is 53.0 Å². The minimum absolute atomic E-state index is 0.222. The molecule has 2 aromatic heterocycles. The monoisotopic (exact) mass is 511 g/mol. The van der Waals surface area contributed by atoms with Crippen LogP contribution in [0.1, 0.15) is 63.6 Å². The van der Waals surface area contributed by atoms with Crippen LogP contribution in [0.15, 0.2) is 59.4 Å². The number of pyridine rings is 1. The Morgan fingerprint density at radius 3 is 2.55 bits per heavy atom. The van der Waals surface area contributed by atoms with Gasteiger partial charge in [0.15, 0.2) is 0 Å². The van der Waals surface area contributed by atoms with Crippen molar-refractivity contribution in [3.63, 3.8) is 0 Å². The smallest absolute Gasteiger partial charge is 0.143 e. The third-order valence-electron chi connectivity index (χ3n) is 7.02. The highest BCUT2D eigenvalue weighted by Crippen LogP contribution is 2.43. The summed E-state index contributed by atoms with van der Waals surface area (Å²) in [6.45, 7) is 6.29. The summed E-state index contributed by atoms with van der Waals surface area (Å²) in [5.74, 6) is 2.52. The lowest BCUT2D eigenvalue weighted by Gasteiger charge is -2.30. The van der Waals surface area contributed by atoms with E-state index in [0.29, 0.717) is 17.4 Å². The van der Waals surface area contributed by atoms with Gasteiger partial charge in [0.2, 0.25) is 0 Å². The second-order valence-electron chi connectivity index (χ2n) is 9.67. The number of benzene rings is 1. The van der Waals surface area contributed by atoms with Gasteiger partial charge in [-0.2, -0.15) is 0 Å². The van der Waals surface area contributed by atoms with Gasteiger partial charge in [-0.15, -0.1) is 0 Å². The van der Waals surface area contributed by atoms with Crippen LogP contribution in [0.2, 0.25) is 0 Å². The topological polar surface area (TPSA) is 102 Å². The number of rotatable bonds is 9. The Bertz CT molecular complexity index is 1370. The number of hydrogen-bond donors (Lipinski definition) is 3. The number of methoxy groups -OCH3 is 1. The highest BCUT2D eigenvalue weighted by atomic mass is 16.5. The number of aliphatic imine (C=N–C) groups is 1. The average molecular weight is 512 g/mol. The summed E-state index contributed by atoms with van der Waals surface area (Å²) in [6.07, 6.45) is 11.5. The fourth-order valence-corrected chi connectivity index (χ4v) is 4.48. The van der Waals surface area contributed by atoms with Crippen molar-refractivity contribution >= 4 is 35.6 Å². The number of aromatic nitrogens is 2. The number of hydrogen-bond acceptors (Lipinski definition) is 5. The van der Waals surface area contributed by atoms with E-state index in [1.54, 1.807) is 20.2 Å². The molecule has 1 saturated carbocycles. The SMILES string of the molecule is CCC(C)=Cc1cc(-c2ccncc2)n(C2CCC2)c1/N=C(\C)Nc1ccc(C(=N)N(C)C=N)cc1OC. The van der Waals surface area contributed by atoms with E-state index in [1.807, 2.05) is 31.5 Å². The quantitative estimate of drug-likeness (QED) is 0.210. The van der Waals surface area contributed by atoms with Gasteiger partial charge in [0.1, 0.15) is 23.2 Å². The van der Waals surface area contributed by atoms with E-state index in [4.69, 9.17) is 20.5 Å². The molecule has 4 rings (SSSR count). The largest absolute Gasteiger partial charge is 0.495 e. The normalized spacial score (nSPS) is 14.1. The zero-order valence-corrected chi connectivity index (χ0v) is 22.9. The van der Waals surface area contributed by atoms with Crippen molar-refractivity contribution in [2.45, 2.75) is 52.5 Å². The summed E-state index contributed by atoms with van der Waals surface area (Å²) in [7, 11) is 3.29. The van der Waals surface area contributed by atoms with Gasteiger partial charge in [0.05, 0.1) is 24.8 Å². The van der Waals surface area contributed by atoms with Gasteiger partial charge in [-0.25, -0.2) is 4.99 Å². The molecule has 0 spiro atoms. The van der Waals surface area contributed by atoms with Crippen LogP contribution in [0.4, 0.5) is 11.5 Å². The number of nitrogens with one attached hydrogen (secondary N) is 3. The molecule has 1 fully saturated rings. The summed E-state index contributed by atoms with van der Waals surface area (Å²) < 4.78 is 8.03. The molecule has 1 aliphatic carbocycles. The molecule has 0 atom stereocenters. The standard InChI is InChI=1S/C30H37N7O/c1-6-20(2)16-24-17-27(22-12-14-33-15-13-22)37(25-8-7-9-25)30(24)35-21(3)34-26-11-10-23(18-28(26)38-5)29(32)36(4)19-31/h10-19,25,31-32H,6-9H2,1-5H3,(H,34,35). The second-order valence-corrected chi connectivity index (χ2v) is 9.67. The van der Waals surface area contributed by atoms with Gasteiger partial charge < -0.3 is 19.5 Å². The van der Waals surface area contributed by atoms with Crippen molar-refractivity contribution in [1.29, 1.82) is 10.8 Å². The van der Waals surface area contributed by atoms with E-state index < -0.39 is 0 Å². The molecule has 3 N–H and O–H groups in total. The summed E-state index contributed by atoms with van der Waals surface area (Å²) in [5.41, 5.74) is 6.13. The van der Waals surface area contributed by atoms with Gasteiger partial charge in [-0.3, -0.25) is 15.8 Å². The molecule has 38 heavy (non-hydrogen) atoms. The Labute approximate surface area is 225 Å². The molecule has 0 radical (unpaired) electrons. The maximum atomic E-state index is 8.29. The molecular formula is C30H37N7O. The molecule has 0 amide bonds. The molecule has 8 nitrogen and oxygen atoms in total. The third kappa shape index (κ3) is 5.69. The maximum Gasteiger partial charge on any atom is 0.143 e. The Kier molecular flexibility index (Phi) is 8.41. The van der Waals surface area contributed by atoms with Crippen LogP contribution in [0, 0.1) is 10.8 Å².